The molecule has 1 aromatic carbocycles. The van der Waals surface area contributed by atoms with Crippen molar-refractivity contribution in [1.29, 1.82) is 5.26 Å². The van der Waals surface area contributed by atoms with Crippen molar-refractivity contribution < 1.29 is 21.6 Å². The summed E-state index contributed by atoms with van der Waals surface area (Å²) in [5.41, 5.74) is 4.34. The second kappa shape index (κ2) is 7.62. The second-order valence-corrected chi connectivity index (χ2v) is 9.12. The first-order valence-electron chi connectivity index (χ1n) is 9.52. The standard InChI is InChI=1S/C22H17F3N4O2S/c1-13-10-19-20(27-12-13)18(11-26)21(29(19)16-4-3-5-16)15-6-8-17(9-7-15)32(30,31)28-14(2)22(23,24)25/h3-10,12,14,28H,1-2H3/t14-/m1/s1. The fourth-order valence-corrected chi connectivity index (χ4v) is 4.63. The third kappa shape index (κ3) is 3.70. The van der Waals surface area contributed by atoms with Gasteiger partial charge in [0.1, 0.15) is 23.2 Å². The molecule has 6 nitrogen and oxygen atoms in total. The van der Waals surface area contributed by atoms with Crippen LogP contribution in [-0.4, -0.2) is 30.2 Å². The van der Waals surface area contributed by atoms with Crippen LogP contribution in [0.1, 0.15) is 18.1 Å². The molecule has 0 spiro atoms. The fraction of sp³-hybridized carbons (Fsp3) is 0.182. The molecule has 0 unspecified atom stereocenters. The molecule has 0 amide bonds. The molecule has 2 heterocycles. The Morgan fingerprint density at radius 1 is 1.22 bits per heavy atom. The smallest absolute Gasteiger partial charge is 0.306 e. The number of nitrogens with one attached hydrogen (secondary N) is 1. The fourth-order valence-electron chi connectivity index (χ4n) is 3.40. The molecule has 1 aliphatic carbocycles. The Bertz CT molecular complexity index is 1430. The van der Waals surface area contributed by atoms with Crippen LogP contribution < -0.4 is 4.72 Å². The zero-order valence-electron chi connectivity index (χ0n) is 17.0. The van der Waals surface area contributed by atoms with E-state index in [9.17, 15) is 26.9 Å². The highest BCUT2D eigenvalue weighted by atomic mass is 32.2. The van der Waals surface area contributed by atoms with E-state index in [-0.39, 0.29) is 4.90 Å². The summed E-state index contributed by atoms with van der Waals surface area (Å²) in [6, 6.07) is 7.22. The molecule has 0 aliphatic heterocycles. The number of nitriles is 1. The first-order chi connectivity index (χ1) is 15.0. The number of rotatable bonds is 5. The molecule has 10 heteroatoms. The van der Waals surface area contributed by atoms with Crippen LogP contribution in [0.4, 0.5) is 13.2 Å². The summed E-state index contributed by atoms with van der Waals surface area (Å²) in [6.07, 6.45) is 2.54. The monoisotopic (exact) mass is 458 g/mol. The van der Waals surface area contributed by atoms with Gasteiger partial charge < -0.3 is 4.57 Å². The van der Waals surface area contributed by atoms with Crippen LogP contribution in [0.5, 0.6) is 0 Å². The van der Waals surface area contributed by atoms with Crippen LogP contribution in [0.15, 0.2) is 59.7 Å². The minimum Gasteiger partial charge on any atom is -0.306 e. The van der Waals surface area contributed by atoms with E-state index in [0.717, 1.165) is 23.7 Å². The van der Waals surface area contributed by atoms with E-state index in [0.29, 0.717) is 22.3 Å². The van der Waals surface area contributed by atoms with E-state index in [1.165, 1.54) is 24.3 Å². The van der Waals surface area contributed by atoms with E-state index in [4.69, 9.17) is 0 Å². The SMILES string of the molecule is Cc1cnc2c(C#N)c(-c3ccc(S(=O)(=O)N[C@H](C)C(F)(F)F)cc3)n(C3=CC=C3)c2c1. The van der Waals surface area contributed by atoms with E-state index in [1.54, 1.807) is 10.9 Å². The third-order valence-corrected chi connectivity index (χ3v) is 6.66. The van der Waals surface area contributed by atoms with E-state index in [1.807, 2.05) is 35.8 Å². The number of allylic oxidation sites excluding steroid dienone is 4. The van der Waals surface area contributed by atoms with Crippen molar-refractivity contribution in [2.45, 2.75) is 31.0 Å². The summed E-state index contributed by atoms with van der Waals surface area (Å²) in [7, 11) is -4.38. The minimum atomic E-state index is -4.70. The average Bonchev–Trinajstić information content (AvgIpc) is 2.99. The number of alkyl halides is 3. The molecule has 4 rings (SSSR count). The normalized spacial score (nSPS) is 14.7. The number of benzene rings is 1. The first-order valence-corrected chi connectivity index (χ1v) is 11.0. The van der Waals surface area contributed by atoms with Crippen LogP contribution in [0.3, 0.4) is 0 Å². The maximum absolute atomic E-state index is 12.8. The maximum atomic E-state index is 12.8. The Morgan fingerprint density at radius 3 is 2.41 bits per heavy atom. The maximum Gasteiger partial charge on any atom is 0.404 e. The van der Waals surface area contributed by atoms with E-state index >= 15 is 0 Å². The van der Waals surface area contributed by atoms with Crippen LogP contribution in [0.25, 0.3) is 28.0 Å². The number of halogens is 3. The van der Waals surface area contributed by atoms with Gasteiger partial charge in [0.2, 0.25) is 10.0 Å². The number of nitrogens with zero attached hydrogens (tertiary/aromatic N) is 3. The summed E-state index contributed by atoms with van der Waals surface area (Å²) < 4.78 is 66.6. The third-order valence-electron chi connectivity index (χ3n) is 5.11. The summed E-state index contributed by atoms with van der Waals surface area (Å²) >= 11 is 0. The zero-order chi connectivity index (χ0) is 23.3. The highest BCUT2D eigenvalue weighted by Crippen LogP contribution is 2.37. The van der Waals surface area contributed by atoms with Crippen molar-refractivity contribution in [2.75, 3.05) is 0 Å². The van der Waals surface area contributed by atoms with Crippen LogP contribution in [0.2, 0.25) is 0 Å². The lowest BCUT2D eigenvalue weighted by Gasteiger charge is -2.18. The number of fused-ring (bicyclic) bond motifs is 1. The Kier molecular flexibility index (Phi) is 5.19. The van der Waals surface area contributed by atoms with Gasteiger partial charge in [0.15, 0.2) is 0 Å². The number of hydrogen-bond acceptors (Lipinski definition) is 4. The van der Waals surface area contributed by atoms with Crippen molar-refractivity contribution in [3.8, 4) is 17.3 Å². The average molecular weight is 458 g/mol. The van der Waals surface area contributed by atoms with Gasteiger partial charge in [-0.25, -0.2) is 8.42 Å². The van der Waals surface area contributed by atoms with Crippen molar-refractivity contribution in [3.63, 3.8) is 0 Å². The van der Waals surface area contributed by atoms with Gasteiger partial charge in [-0.1, -0.05) is 18.2 Å². The molecular weight excluding hydrogens is 441 g/mol. The zero-order valence-corrected chi connectivity index (χ0v) is 17.8. The van der Waals surface area contributed by atoms with Gasteiger partial charge >= 0.3 is 6.18 Å². The molecule has 1 aliphatic rings. The Labute approximate surface area is 182 Å². The molecule has 3 aromatic rings. The van der Waals surface area contributed by atoms with Crippen LogP contribution in [-0.2, 0) is 10.0 Å². The molecule has 32 heavy (non-hydrogen) atoms. The largest absolute Gasteiger partial charge is 0.404 e. The summed E-state index contributed by atoms with van der Waals surface area (Å²) in [5, 5.41) is 9.84. The number of pyridine rings is 1. The number of sulfonamides is 1. The molecule has 0 saturated carbocycles. The Hall–Kier alpha value is -3.42. The molecule has 1 N–H and O–H groups in total. The number of aromatic nitrogens is 2. The Balaban J connectivity index is 1.82. The van der Waals surface area contributed by atoms with Crippen molar-refractivity contribution in [1.82, 2.24) is 14.3 Å². The summed E-state index contributed by atoms with van der Waals surface area (Å²) in [4.78, 5) is 4.09. The molecule has 0 radical (unpaired) electrons. The van der Waals surface area contributed by atoms with Gasteiger partial charge in [0.05, 0.1) is 16.1 Å². The van der Waals surface area contributed by atoms with Gasteiger partial charge in [-0.3, -0.25) is 4.98 Å². The highest BCUT2D eigenvalue weighted by molar-refractivity contribution is 7.89. The lowest BCUT2D eigenvalue weighted by Crippen LogP contribution is -2.42. The lowest BCUT2D eigenvalue weighted by molar-refractivity contribution is -0.147. The molecule has 0 saturated heterocycles. The van der Waals surface area contributed by atoms with Gasteiger partial charge in [-0.2, -0.15) is 23.2 Å². The quantitative estimate of drug-likeness (QED) is 0.609. The second-order valence-electron chi connectivity index (χ2n) is 7.41. The first kappa shape index (κ1) is 21.8. The molecule has 0 fully saturated rings. The topological polar surface area (TPSA) is 87.8 Å². The minimum absolute atomic E-state index is 0.310. The van der Waals surface area contributed by atoms with Crippen molar-refractivity contribution in [2.24, 2.45) is 0 Å². The van der Waals surface area contributed by atoms with Gasteiger partial charge in [0, 0.05) is 17.5 Å². The molecule has 1 atom stereocenters. The van der Waals surface area contributed by atoms with Crippen LogP contribution in [0, 0.1) is 18.3 Å². The molecule has 0 bridgehead atoms. The Morgan fingerprint density at radius 2 is 1.88 bits per heavy atom. The van der Waals surface area contributed by atoms with Crippen molar-refractivity contribution in [3.05, 3.63) is 65.9 Å². The van der Waals surface area contributed by atoms with Crippen molar-refractivity contribution >= 4 is 26.8 Å². The van der Waals surface area contributed by atoms with E-state index in [2.05, 4.69) is 11.1 Å². The highest BCUT2D eigenvalue weighted by Gasteiger charge is 2.38. The predicted octanol–water partition coefficient (Wildman–Crippen LogP) is 4.52. The van der Waals surface area contributed by atoms with E-state index < -0.39 is 22.2 Å². The van der Waals surface area contributed by atoms with Gasteiger partial charge in [-0.15, -0.1) is 0 Å². The van der Waals surface area contributed by atoms with Gasteiger partial charge in [-0.05, 0) is 49.8 Å². The number of aryl methyl sites for hydroxylation is 1. The molecule has 164 valence electrons. The van der Waals surface area contributed by atoms with Crippen LogP contribution >= 0.6 is 0 Å². The van der Waals surface area contributed by atoms with Gasteiger partial charge in [0.25, 0.3) is 0 Å². The predicted molar refractivity (Wildman–Crippen MR) is 114 cm³/mol. The molecule has 2 aromatic heterocycles. The lowest BCUT2D eigenvalue weighted by atomic mass is 10.1. The molecular formula is C22H17F3N4O2S. The number of hydrogen-bond donors (Lipinski definition) is 1. The summed E-state index contributed by atoms with van der Waals surface area (Å²) in [6.45, 7) is 2.62. The summed E-state index contributed by atoms with van der Waals surface area (Å²) in [5.74, 6) is 0.